The molecular weight excluding hydrogens is 643 g/mol. The minimum atomic E-state index is -3.94. The van der Waals surface area contributed by atoms with E-state index in [2.05, 4.69) is 11.0 Å². The molecule has 0 aliphatic carbocycles. The van der Waals surface area contributed by atoms with Crippen molar-refractivity contribution in [2.75, 3.05) is 91.0 Å². The fraction of sp³-hybridized carbons (Fsp3) is 0.679. The molecule has 45 heavy (non-hydrogen) atoms. The number of benzene rings is 1. The van der Waals surface area contributed by atoms with Gasteiger partial charge in [0.2, 0.25) is 0 Å². The highest BCUT2D eigenvalue weighted by molar-refractivity contribution is 7.53. The maximum Gasteiger partial charge on any atom is 0.341 e. The van der Waals surface area contributed by atoms with Crippen molar-refractivity contribution in [3.05, 3.63) is 41.6 Å². The van der Waals surface area contributed by atoms with Crippen LogP contribution in [-0.4, -0.2) is 130 Å². The molecule has 0 radical (unpaired) electrons. The molecule has 1 fully saturated rings. The van der Waals surface area contributed by atoms with Crippen LogP contribution in [-0.2, 0) is 33.8 Å². The smallest absolute Gasteiger partial charge is 0.323 e. The maximum atomic E-state index is 12.8. The van der Waals surface area contributed by atoms with E-state index in [1.165, 1.54) is 0 Å². The van der Waals surface area contributed by atoms with E-state index in [0.29, 0.717) is 58.9 Å². The Morgan fingerprint density at radius 1 is 0.644 bits per heavy atom. The quantitative estimate of drug-likeness (QED) is 0.245. The monoisotopic (exact) mass is 693 g/mol. The van der Waals surface area contributed by atoms with Crippen LogP contribution in [0.15, 0.2) is 30.3 Å². The van der Waals surface area contributed by atoms with Gasteiger partial charge in [-0.25, -0.2) is 0 Å². The average molecular weight is 694 g/mol. The van der Waals surface area contributed by atoms with E-state index in [0.717, 1.165) is 22.2 Å². The van der Waals surface area contributed by atoms with E-state index < -0.39 is 22.8 Å². The van der Waals surface area contributed by atoms with Crippen molar-refractivity contribution in [2.24, 2.45) is 0 Å². The highest BCUT2D eigenvalue weighted by Crippen LogP contribution is 2.44. The van der Waals surface area contributed by atoms with E-state index in [-0.39, 0.29) is 38.7 Å². The summed E-state index contributed by atoms with van der Waals surface area (Å²) in [5, 5.41) is 1.05. The van der Waals surface area contributed by atoms with Gasteiger partial charge in [0.05, 0.1) is 31.0 Å². The zero-order chi connectivity index (χ0) is 33.1. The first-order valence-corrected chi connectivity index (χ1v) is 20.7. The Morgan fingerprint density at radius 3 is 1.44 bits per heavy atom. The Bertz CT molecular complexity index is 1330. The van der Waals surface area contributed by atoms with Crippen molar-refractivity contribution in [1.29, 1.82) is 0 Å². The molecule has 2 aromatic rings. The summed E-state index contributed by atoms with van der Waals surface area (Å²) in [6.45, 7) is 10.9. The summed E-state index contributed by atoms with van der Waals surface area (Å²) in [5.74, 6) is 0. The molecule has 0 saturated carbocycles. The minimum absolute atomic E-state index is 0.0749. The van der Waals surface area contributed by atoms with Crippen LogP contribution in [0.5, 0.6) is 0 Å². The number of hydrogen-bond donors (Lipinski definition) is 3. The van der Waals surface area contributed by atoms with Crippen LogP contribution in [0.2, 0.25) is 0 Å². The highest BCUT2D eigenvalue weighted by Gasteiger charge is 2.29. The summed E-state index contributed by atoms with van der Waals surface area (Å²) in [6, 6.07) is 10.1. The number of rotatable bonds is 14. The van der Waals surface area contributed by atoms with Crippen LogP contribution >= 0.6 is 22.8 Å². The van der Waals surface area contributed by atoms with E-state index in [4.69, 9.17) is 18.6 Å². The van der Waals surface area contributed by atoms with Gasteiger partial charge in [-0.1, -0.05) is 17.7 Å². The molecule has 1 aliphatic heterocycles. The average Bonchev–Trinajstić information content (AvgIpc) is 2.94. The van der Waals surface area contributed by atoms with Gasteiger partial charge < -0.3 is 28.3 Å². The Balaban J connectivity index is 1.88. The van der Waals surface area contributed by atoms with Crippen LogP contribution in [0, 0.1) is 6.92 Å². The second-order valence-corrected chi connectivity index (χ2v) is 16.7. The second-order valence-electron chi connectivity index (χ2n) is 11.2. The first kappa shape index (κ1) is 38.4. The van der Waals surface area contributed by atoms with Crippen LogP contribution < -0.4 is 0 Å². The SMILES string of the molecule is CCOP(=O)(O)CN1CCN(Cc2ccc3cc(C)ccc3n2)CCN(CP(=O)(O)OCC)CCN(CP(=O)(O)OCC)CC1. The zero-order valence-electron chi connectivity index (χ0n) is 26.9. The van der Waals surface area contributed by atoms with Crippen LogP contribution in [0.4, 0.5) is 0 Å². The predicted molar refractivity (Wildman–Crippen MR) is 175 cm³/mol. The van der Waals surface area contributed by atoms with Crippen molar-refractivity contribution >= 4 is 33.7 Å². The Morgan fingerprint density at radius 2 is 1.04 bits per heavy atom. The molecule has 17 heteroatoms. The number of fused-ring (bicyclic) bond motifs is 1. The van der Waals surface area contributed by atoms with Crippen LogP contribution in [0.3, 0.4) is 0 Å². The number of hydrogen-bond acceptors (Lipinski definition) is 11. The van der Waals surface area contributed by atoms with Gasteiger partial charge in [-0.3, -0.25) is 38.3 Å². The lowest BCUT2D eigenvalue weighted by Crippen LogP contribution is -2.46. The molecule has 14 nitrogen and oxygen atoms in total. The molecule has 0 amide bonds. The summed E-state index contributed by atoms with van der Waals surface area (Å²) < 4.78 is 53.7. The van der Waals surface area contributed by atoms with Gasteiger partial charge in [-0.2, -0.15) is 0 Å². The topological polar surface area (TPSA) is 165 Å². The lowest BCUT2D eigenvalue weighted by Gasteiger charge is -2.35. The molecule has 0 bridgehead atoms. The van der Waals surface area contributed by atoms with Crippen molar-refractivity contribution in [2.45, 2.75) is 34.2 Å². The van der Waals surface area contributed by atoms with E-state index in [1.54, 1.807) is 25.7 Å². The molecule has 1 aliphatic rings. The molecule has 3 rings (SSSR count). The third-order valence-corrected chi connectivity index (χ3v) is 11.6. The largest absolute Gasteiger partial charge is 0.341 e. The lowest BCUT2D eigenvalue weighted by molar-refractivity contribution is 0.137. The molecule has 1 aromatic heterocycles. The maximum absolute atomic E-state index is 12.8. The second kappa shape index (κ2) is 17.9. The molecular formula is C28H50N5O9P3. The number of aryl methyl sites for hydroxylation is 1. The lowest BCUT2D eigenvalue weighted by atomic mass is 10.1. The van der Waals surface area contributed by atoms with Gasteiger partial charge in [0.1, 0.15) is 18.9 Å². The molecule has 3 N–H and O–H groups in total. The van der Waals surface area contributed by atoms with Gasteiger partial charge in [-0.15, -0.1) is 0 Å². The summed E-state index contributed by atoms with van der Waals surface area (Å²) in [6.07, 6.45) is -0.620. The van der Waals surface area contributed by atoms with Crippen molar-refractivity contribution in [3.8, 4) is 0 Å². The molecule has 0 spiro atoms. The summed E-state index contributed by atoms with van der Waals surface area (Å²) in [7, 11) is -11.7. The number of aromatic nitrogens is 1. The Kier molecular flexibility index (Phi) is 15.3. The molecule has 2 heterocycles. The standard InChI is InChI=1S/C28H50N5O9P3/c1-5-40-43(34,35)22-31-14-12-30(21-27-10-9-26-20-25(4)8-11-28(26)29-27)13-15-32(23-44(36,37)41-6-2)17-19-33(18-16-31)24-45(38,39)42-7-3/h8-11,20H,5-7,12-19,21-24H2,1-4H3,(H,34,35)(H,36,37)(H,38,39). The van der Waals surface area contributed by atoms with Gasteiger partial charge in [0.15, 0.2) is 0 Å². The molecule has 3 unspecified atom stereocenters. The van der Waals surface area contributed by atoms with Crippen LogP contribution in [0.1, 0.15) is 32.0 Å². The van der Waals surface area contributed by atoms with E-state index in [9.17, 15) is 28.4 Å². The molecule has 1 saturated heterocycles. The van der Waals surface area contributed by atoms with Crippen LogP contribution in [0.25, 0.3) is 10.9 Å². The summed E-state index contributed by atoms with van der Waals surface area (Å²) in [4.78, 5) is 43.8. The van der Waals surface area contributed by atoms with Gasteiger partial charge in [0, 0.05) is 64.3 Å². The summed E-state index contributed by atoms with van der Waals surface area (Å²) >= 11 is 0. The van der Waals surface area contributed by atoms with Crippen molar-refractivity contribution < 1.29 is 41.9 Å². The Labute approximate surface area is 266 Å². The first-order valence-electron chi connectivity index (χ1n) is 15.4. The Hall–Kier alpha value is -1.08. The number of nitrogens with zero attached hydrogens (tertiary/aromatic N) is 5. The molecule has 256 valence electrons. The van der Waals surface area contributed by atoms with E-state index in [1.807, 2.05) is 41.0 Å². The van der Waals surface area contributed by atoms with E-state index >= 15 is 0 Å². The van der Waals surface area contributed by atoms with Gasteiger partial charge in [-0.05, 0) is 45.9 Å². The number of pyridine rings is 1. The fourth-order valence-electron chi connectivity index (χ4n) is 5.25. The van der Waals surface area contributed by atoms with Gasteiger partial charge in [0.25, 0.3) is 0 Å². The minimum Gasteiger partial charge on any atom is -0.323 e. The highest BCUT2D eigenvalue weighted by atomic mass is 31.2. The fourth-order valence-corrected chi connectivity index (χ4v) is 9.07. The molecule has 1 aromatic carbocycles. The third-order valence-electron chi connectivity index (χ3n) is 7.35. The molecule has 3 atom stereocenters. The third kappa shape index (κ3) is 13.9. The summed E-state index contributed by atoms with van der Waals surface area (Å²) in [5.41, 5.74) is 2.90. The zero-order valence-corrected chi connectivity index (χ0v) is 29.5. The normalized spacial score (nSPS) is 21.4. The van der Waals surface area contributed by atoms with Crippen molar-refractivity contribution in [1.82, 2.24) is 24.6 Å². The predicted octanol–water partition coefficient (Wildman–Crippen LogP) is 3.80. The van der Waals surface area contributed by atoms with Crippen molar-refractivity contribution in [3.63, 3.8) is 0 Å². The first-order chi connectivity index (χ1) is 21.2. The van der Waals surface area contributed by atoms with Gasteiger partial charge >= 0.3 is 22.8 Å².